The number of ether oxygens (including phenoxy) is 5. The Bertz CT molecular complexity index is 825. The molecule has 2 aromatic carbocycles. The molecule has 0 saturated heterocycles. The Hall–Kier alpha value is -3.42. The third-order valence-corrected chi connectivity index (χ3v) is 3.92. The molecule has 1 atom stereocenters. The van der Waals surface area contributed by atoms with Gasteiger partial charge in [-0.25, -0.2) is 4.79 Å². The Balaban J connectivity index is 2.14. The van der Waals surface area contributed by atoms with Crippen LogP contribution in [0.25, 0.3) is 0 Å². The molecule has 0 heterocycles. The fourth-order valence-electron chi connectivity index (χ4n) is 2.46. The van der Waals surface area contributed by atoms with E-state index in [9.17, 15) is 9.59 Å². The van der Waals surface area contributed by atoms with Crippen molar-refractivity contribution in [2.75, 3.05) is 33.8 Å². The van der Waals surface area contributed by atoms with Crippen molar-refractivity contribution in [3.05, 3.63) is 42.0 Å². The van der Waals surface area contributed by atoms with E-state index < -0.39 is 18.0 Å². The van der Waals surface area contributed by atoms with Gasteiger partial charge in [-0.05, 0) is 31.2 Å². The van der Waals surface area contributed by atoms with Crippen LogP contribution in [0.1, 0.15) is 17.3 Å². The summed E-state index contributed by atoms with van der Waals surface area (Å²) in [5, 5.41) is 2.67. The number of hydrogen-bond acceptors (Lipinski definition) is 7. The normalized spacial score (nSPS) is 11.2. The number of carbonyl (C=O) groups is 2. The summed E-state index contributed by atoms with van der Waals surface area (Å²) in [6, 6.07) is 9.84. The average Bonchev–Trinajstić information content (AvgIpc) is 2.72. The summed E-state index contributed by atoms with van der Waals surface area (Å²) >= 11 is 0. The first-order chi connectivity index (χ1) is 13.4. The van der Waals surface area contributed by atoms with E-state index in [1.165, 1.54) is 47.5 Å². The second kappa shape index (κ2) is 9.50. The number of carbonyl (C=O) groups excluding carboxylic acids is 2. The summed E-state index contributed by atoms with van der Waals surface area (Å²) in [5.41, 5.74) is 0.636. The zero-order chi connectivity index (χ0) is 20.7. The number of methoxy groups -OCH3 is 4. The van der Waals surface area contributed by atoms with E-state index >= 15 is 0 Å². The molecule has 150 valence electrons. The maximum atomic E-state index is 12.5. The van der Waals surface area contributed by atoms with E-state index in [1.54, 1.807) is 24.3 Å². The van der Waals surface area contributed by atoms with E-state index in [2.05, 4.69) is 5.32 Å². The van der Waals surface area contributed by atoms with Gasteiger partial charge in [0.1, 0.15) is 5.75 Å². The highest BCUT2D eigenvalue weighted by Gasteiger charge is 2.23. The van der Waals surface area contributed by atoms with Crippen LogP contribution in [0.3, 0.4) is 0 Å². The number of para-hydroxylation sites is 2. The highest BCUT2D eigenvalue weighted by Crippen LogP contribution is 2.38. The van der Waals surface area contributed by atoms with Gasteiger partial charge in [0.15, 0.2) is 17.6 Å². The summed E-state index contributed by atoms with van der Waals surface area (Å²) in [6.07, 6.45) is -1.04. The molecule has 0 aliphatic carbocycles. The van der Waals surface area contributed by atoms with E-state index in [1.807, 2.05) is 0 Å². The first-order valence-electron chi connectivity index (χ1n) is 8.40. The lowest BCUT2D eigenvalue weighted by Crippen LogP contribution is -2.30. The fourth-order valence-corrected chi connectivity index (χ4v) is 2.46. The minimum atomic E-state index is -1.04. The van der Waals surface area contributed by atoms with Crippen LogP contribution in [0.2, 0.25) is 0 Å². The van der Waals surface area contributed by atoms with Crippen molar-refractivity contribution in [2.24, 2.45) is 0 Å². The Morgan fingerprint density at radius 1 is 0.857 bits per heavy atom. The van der Waals surface area contributed by atoms with Crippen LogP contribution in [0.5, 0.6) is 23.0 Å². The Morgan fingerprint density at radius 3 is 1.96 bits per heavy atom. The van der Waals surface area contributed by atoms with Gasteiger partial charge in [0, 0.05) is 0 Å². The van der Waals surface area contributed by atoms with E-state index in [-0.39, 0.29) is 5.56 Å². The summed E-state index contributed by atoms with van der Waals surface area (Å²) in [4.78, 5) is 24.9. The zero-order valence-electron chi connectivity index (χ0n) is 16.4. The van der Waals surface area contributed by atoms with Crippen LogP contribution >= 0.6 is 0 Å². The quantitative estimate of drug-likeness (QED) is 0.694. The lowest BCUT2D eigenvalue weighted by Gasteiger charge is -2.17. The highest BCUT2D eigenvalue weighted by molar-refractivity contribution is 5.98. The Labute approximate surface area is 163 Å². The number of rotatable bonds is 8. The third kappa shape index (κ3) is 4.64. The number of esters is 1. The largest absolute Gasteiger partial charge is 0.495 e. The molecule has 0 aliphatic heterocycles. The van der Waals surface area contributed by atoms with Gasteiger partial charge in [-0.15, -0.1) is 0 Å². The maximum Gasteiger partial charge on any atom is 0.339 e. The van der Waals surface area contributed by atoms with E-state index in [0.717, 1.165) is 0 Å². The first-order valence-corrected chi connectivity index (χ1v) is 8.40. The minimum absolute atomic E-state index is 0.159. The van der Waals surface area contributed by atoms with Crippen molar-refractivity contribution < 1.29 is 33.3 Å². The molecule has 0 saturated carbocycles. The molecular formula is C20H23NO7. The lowest BCUT2D eigenvalue weighted by atomic mass is 10.2. The van der Waals surface area contributed by atoms with Crippen LogP contribution in [0, 0.1) is 0 Å². The summed E-state index contributed by atoms with van der Waals surface area (Å²) in [7, 11) is 5.84. The van der Waals surface area contributed by atoms with Crippen molar-refractivity contribution in [1.29, 1.82) is 0 Å². The summed E-state index contributed by atoms with van der Waals surface area (Å²) in [5.74, 6) is 0.259. The highest BCUT2D eigenvalue weighted by atomic mass is 16.6. The molecule has 2 aromatic rings. The molecular weight excluding hydrogens is 366 g/mol. The van der Waals surface area contributed by atoms with Gasteiger partial charge >= 0.3 is 5.97 Å². The van der Waals surface area contributed by atoms with Gasteiger partial charge in [-0.2, -0.15) is 0 Å². The number of amides is 1. The van der Waals surface area contributed by atoms with Crippen LogP contribution in [-0.2, 0) is 9.53 Å². The van der Waals surface area contributed by atoms with Crippen LogP contribution in [0.4, 0.5) is 5.69 Å². The predicted molar refractivity (Wildman–Crippen MR) is 103 cm³/mol. The van der Waals surface area contributed by atoms with Gasteiger partial charge in [0.2, 0.25) is 5.75 Å². The smallest absolute Gasteiger partial charge is 0.339 e. The van der Waals surface area contributed by atoms with Crippen molar-refractivity contribution in [2.45, 2.75) is 13.0 Å². The van der Waals surface area contributed by atoms with Crippen LogP contribution in [-0.4, -0.2) is 46.4 Å². The zero-order valence-corrected chi connectivity index (χ0v) is 16.4. The summed E-state index contributed by atoms with van der Waals surface area (Å²) < 4.78 is 26.1. The topological polar surface area (TPSA) is 92.3 Å². The molecule has 0 radical (unpaired) electrons. The standard InChI is InChI=1S/C20H23NO7/c1-12(19(22)21-14-8-6-7-9-15(14)24-2)28-20(23)13-10-16(25-3)18(27-5)17(11-13)26-4/h6-12H,1-5H3,(H,21,22)/t12-/m0/s1. The van der Waals surface area contributed by atoms with Crippen molar-refractivity contribution in [1.82, 2.24) is 0 Å². The maximum absolute atomic E-state index is 12.5. The molecule has 0 fully saturated rings. The third-order valence-electron chi connectivity index (χ3n) is 3.92. The van der Waals surface area contributed by atoms with Gasteiger partial charge in [0.05, 0.1) is 39.7 Å². The average molecular weight is 389 g/mol. The molecule has 28 heavy (non-hydrogen) atoms. The Kier molecular flexibility index (Phi) is 7.08. The van der Waals surface area contributed by atoms with Crippen molar-refractivity contribution in [3.8, 4) is 23.0 Å². The lowest BCUT2D eigenvalue weighted by molar-refractivity contribution is -0.123. The second-order valence-electron chi connectivity index (χ2n) is 5.65. The predicted octanol–water partition coefficient (Wildman–Crippen LogP) is 2.91. The number of anilines is 1. The minimum Gasteiger partial charge on any atom is -0.495 e. The number of nitrogens with one attached hydrogen (secondary N) is 1. The van der Waals surface area contributed by atoms with Gasteiger partial charge < -0.3 is 29.0 Å². The SMILES string of the molecule is COc1ccccc1NC(=O)[C@H](C)OC(=O)c1cc(OC)c(OC)c(OC)c1. The van der Waals surface area contributed by atoms with E-state index in [0.29, 0.717) is 28.7 Å². The van der Waals surface area contributed by atoms with Gasteiger partial charge in [0.25, 0.3) is 5.91 Å². The molecule has 1 N–H and O–H groups in total. The Morgan fingerprint density at radius 2 is 1.43 bits per heavy atom. The van der Waals surface area contributed by atoms with E-state index in [4.69, 9.17) is 23.7 Å². The first kappa shape index (κ1) is 20.9. The fraction of sp³-hybridized carbons (Fsp3) is 0.300. The molecule has 0 bridgehead atoms. The molecule has 2 rings (SSSR count). The molecule has 1 amide bonds. The molecule has 8 nitrogen and oxygen atoms in total. The molecule has 0 unspecified atom stereocenters. The second-order valence-corrected chi connectivity index (χ2v) is 5.65. The van der Waals surface area contributed by atoms with Crippen LogP contribution in [0.15, 0.2) is 36.4 Å². The van der Waals surface area contributed by atoms with Crippen molar-refractivity contribution >= 4 is 17.6 Å². The molecule has 0 aliphatic rings. The monoisotopic (exact) mass is 389 g/mol. The molecule has 0 aromatic heterocycles. The van der Waals surface area contributed by atoms with Gasteiger partial charge in [-0.3, -0.25) is 4.79 Å². The summed E-state index contributed by atoms with van der Waals surface area (Å²) in [6.45, 7) is 1.47. The number of benzene rings is 2. The number of hydrogen-bond donors (Lipinski definition) is 1. The van der Waals surface area contributed by atoms with Crippen molar-refractivity contribution in [3.63, 3.8) is 0 Å². The molecule has 8 heteroatoms. The van der Waals surface area contributed by atoms with Gasteiger partial charge in [-0.1, -0.05) is 12.1 Å². The van der Waals surface area contributed by atoms with Crippen LogP contribution < -0.4 is 24.3 Å². The molecule has 0 spiro atoms.